The summed E-state index contributed by atoms with van der Waals surface area (Å²) in [5, 5.41) is 18.4. The molecule has 0 saturated carbocycles. The number of carbonyl (C=O) groups is 2. The summed E-state index contributed by atoms with van der Waals surface area (Å²) in [7, 11) is 0. The normalized spacial score (nSPS) is 11.4. The van der Waals surface area contributed by atoms with E-state index in [1.165, 1.54) is 0 Å². The van der Waals surface area contributed by atoms with Crippen LogP contribution in [0.2, 0.25) is 5.02 Å². The molecule has 0 radical (unpaired) electrons. The van der Waals surface area contributed by atoms with E-state index in [4.69, 9.17) is 11.6 Å². The van der Waals surface area contributed by atoms with E-state index < -0.39 is 5.97 Å². The zero-order chi connectivity index (χ0) is 18.6. The Kier molecular flexibility index (Phi) is 5.85. The van der Waals surface area contributed by atoms with E-state index in [9.17, 15) is 14.7 Å². The number of anilines is 1. The average Bonchev–Trinajstić information content (AvgIpc) is 2.90. The molecule has 0 aliphatic heterocycles. The second kappa shape index (κ2) is 7.70. The number of aromatic nitrogens is 2. The maximum Gasteiger partial charge on any atom is 0.225 e. The summed E-state index contributed by atoms with van der Waals surface area (Å²) < 4.78 is 1.63. The molecule has 1 heterocycles. The highest BCUT2D eigenvalue weighted by atomic mass is 35.5. The van der Waals surface area contributed by atoms with Crippen molar-refractivity contribution in [3.8, 4) is 5.69 Å². The predicted octanol–water partition coefficient (Wildman–Crippen LogP) is 2.68. The van der Waals surface area contributed by atoms with Crippen molar-refractivity contribution >= 4 is 29.3 Å². The van der Waals surface area contributed by atoms with Crippen molar-refractivity contribution in [2.24, 2.45) is 0 Å². The van der Waals surface area contributed by atoms with Gasteiger partial charge >= 0.3 is 0 Å². The molecular weight excluding hydrogens is 342 g/mol. The molecule has 0 atom stereocenters. The highest BCUT2D eigenvalue weighted by Gasteiger charge is 2.21. The largest absolute Gasteiger partial charge is 0.550 e. The minimum absolute atomic E-state index is 0.0968. The molecule has 2 aromatic rings. The van der Waals surface area contributed by atoms with Gasteiger partial charge in [0, 0.05) is 28.9 Å². The number of aliphatic carboxylic acids is 1. The highest BCUT2D eigenvalue weighted by molar-refractivity contribution is 6.30. The molecule has 0 bridgehead atoms. The van der Waals surface area contributed by atoms with Crippen molar-refractivity contribution in [3.05, 3.63) is 41.0 Å². The summed E-state index contributed by atoms with van der Waals surface area (Å²) in [4.78, 5) is 22.6. The SMILES string of the molecule is CC(C)(C)c1cc(NC(=O)CCCC(=O)[O-])n(-c2cccc(Cl)c2)n1. The van der Waals surface area contributed by atoms with Gasteiger partial charge in [-0.05, 0) is 31.0 Å². The molecule has 7 heteroatoms. The van der Waals surface area contributed by atoms with E-state index in [0.717, 1.165) is 11.4 Å². The first-order valence-corrected chi connectivity index (χ1v) is 8.41. The van der Waals surface area contributed by atoms with E-state index >= 15 is 0 Å². The van der Waals surface area contributed by atoms with E-state index in [-0.39, 0.29) is 30.6 Å². The third-order valence-corrected chi connectivity index (χ3v) is 3.82. The molecule has 1 aromatic carbocycles. The number of amides is 1. The third-order valence-electron chi connectivity index (χ3n) is 3.58. The lowest BCUT2D eigenvalue weighted by Gasteiger charge is -2.14. The Morgan fingerprint density at radius 2 is 1.96 bits per heavy atom. The Labute approximate surface area is 151 Å². The minimum atomic E-state index is -1.16. The topological polar surface area (TPSA) is 87.0 Å². The Balaban J connectivity index is 2.27. The van der Waals surface area contributed by atoms with Crippen molar-refractivity contribution in [3.63, 3.8) is 0 Å². The van der Waals surface area contributed by atoms with Gasteiger partial charge < -0.3 is 15.2 Å². The number of carboxylic acids is 1. The van der Waals surface area contributed by atoms with Gasteiger partial charge in [0.2, 0.25) is 5.91 Å². The molecule has 0 aliphatic rings. The highest BCUT2D eigenvalue weighted by Crippen LogP contribution is 2.27. The monoisotopic (exact) mass is 362 g/mol. The number of nitrogens with zero attached hydrogens (tertiary/aromatic N) is 2. The van der Waals surface area contributed by atoms with E-state index in [1.54, 1.807) is 16.8 Å². The van der Waals surface area contributed by atoms with Gasteiger partial charge in [0.15, 0.2) is 0 Å². The summed E-state index contributed by atoms with van der Waals surface area (Å²) in [6.45, 7) is 6.09. The molecule has 6 nitrogen and oxygen atoms in total. The summed E-state index contributed by atoms with van der Waals surface area (Å²) in [5.41, 5.74) is 1.35. The number of carbonyl (C=O) groups excluding carboxylic acids is 2. The molecule has 134 valence electrons. The van der Waals surface area contributed by atoms with Gasteiger partial charge in [0.05, 0.1) is 11.4 Å². The van der Waals surface area contributed by atoms with Gasteiger partial charge in [-0.15, -0.1) is 0 Å². The molecule has 1 N–H and O–H groups in total. The van der Waals surface area contributed by atoms with Crippen LogP contribution in [0.5, 0.6) is 0 Å². The first kappa shape index (κ1) is 19.0. The maximum absolute atomic E-state index is 12.1. The number of carboxylic acid groups (broad SMARTS) is 1. The molecule has 1 aromatic heterocycles. The number of halogens is 1. The van der Waals surface area contributed by atoms with Crippen molar-refractivity contribution in [1.82, 2.24) is 9.78 Å². The molecule has 0 spiro atoms. The summed E-state index contributed by atoms with van der Waals surface area (Å²) >= 11 is 6.06. The van der Waals surface area contributed by atoms with Gasteiger partial charge in [-0.25, -0.2) is 4.68 Å². The van der Waals surface area contributed by atoms with Crippen LogP contribution in [0.25, 0.3) is 5.69 Å². The van der Waals surface area contributed by atoms with Crippen LogP contribution in [0.1, 0.15) is 45.7 Å². The van der Waals surface area contributed by atoms with Crippen molar-refractivity contribution in [1.29, 1.82) is 0 Å². The van der Waals surface area contributed by atoms with Crippen LogP contribution in [0.4, 0.5) is 5.82 Å². The third kappa shape index (κ3) is 5.32. The van der Waals surface area contributed by atoms with Gasteiger partial charge in [0.25, 0.3) is 0 Å². The Morgan fingerprint density at radius 1 is 1.24 bits per heavy atom. The number of rotatable bonds is 6. The molecule has 0 unspecified atom stereocenters. The quantitative estimate of drug-likeness (QED) is 0.855. The molecule has 2 rings (SSSR count). The lowest BCUT2D eigenvalue weighted by Crippen LogP contribution is -2.22. The van der Waals surface area contributed by atoms with Crippen LogP contribution in [0.15, 0.2) is 30.3 Å². The van der Waals surface area contributed by atoms with Gasteiger partial charge in [-0.2, -0.15) is 5.10 Å². The van der Waals surface area contributed by atoms with Crippen LogP contribution in [-0.4, -0.2) is 21.7 Å². The summed E-state index contributed by atoms with van der Waals surface area (Å²) in [6.07, 6.45) is 0.180. The van der Waals surface area contributed by atoms with Crippen LogP contribution in [0.3, 0.4) is 0 Å². The fourth-order valence-corrected chi connectivity index (χ4v) is 2.42. The van der Waals surface area contributed by atoms with Crippen molar-refractivity contribution in [2.75, 3.05) is 5.32 Å². The van der Waals surface area contributed by atoms with Crippen LogP contribution in [0, 0.1) is 0 Å². The standard InChI is InChI=1S/C18H22ClN3O3/c1-18(2,3)14-11-15(20-16(23)8-5-9-17(24)25)22(21-14)13-7-4-6-12(19)10-13/h4,6-7,10-11H,5,8-9H2,1-3H3,(H,20,23)(H,24,25)/p-1. The first-order valence-electron chi connectivity index (χ1n) is 8.03. The van der Waals surface area contributed by atoms with Crippen LogP contribution < -0.4 is 10.4 Å². The zero-order valence-electron chi connectivity index (χ0n) is 14.5. The van der Waals surface area contributed by atoms with Crippen LogP contribution >= 0.6 is 11.6 Å². The Morgan fingerprint density at radius 3 is 2.56 bits per heavy atom. The fourth-order valence-electron chi connectivity index (χ4n) is 2.24. The Hall–Kier alpha value is -2.34. The smallest absolute Gasteiger partial charge is 0.225 e. The molecule has 1 amide bonds. The molecule has 0 saturated heterocycles. The summed E-state index contributed by atoms with van der Waals surface area (Å²) in [6, 6.07) is 8.99. The number of benzene rings is 1. The van der Waals surface area contributed by atoms with Gasteiger partial charge in [0.1, 0.15) is 5.82 Å². The Bertz CT molecular complexity index is 778. The van der Waals surface area contributed by atoms with E-state index in [1.807, 2.05) is 39.0 Å². The minimum Gasteiger partial charge on any atom is -0.550 e. The van der Waals surface area contributed by atoms with E-state index in [2.05, 4.69) is 10.4 Å². The number of hydrogen-bond acceptors (Lipinski definition) is 4. The number of nitrogens with one attached hydrogen (secondary N) is 1. The maximum atomic E-state index is 12.1. The number of hydrogen-bond donors (Lipinski definition) is 1. The van der Waals surface area contributed by atoms with Crippen LogP contribution in [-0.2, 0) is 15.0 Å². The average molecular weight is 363 g/mol. The lowest BCUT2D eigenvalue weighted by molar-refractivity contribution is -0.305. The van der Waals surface area contributed by atoms with Crippen molar-refractivity contribution < 1.29 is 14.7 Å². The zero-order valence-corrected chi connectivity index (χ0v) is 15.3. The van der Waals surface area contributed by atoms with Gasteiger partial charge in [-0.3, -0.25) is 4.79 Å². The lowest BCUT2D eigenvalue weighted by atomic mass is 9.92. The molecule has 0 fully saturated rings. The second-order valence-corrected chi connectivity index (χ2v) is 7.27. The second-order valence-electron chi connectivity index (χ2n) is 6.83. The summed E-state index contributed by atoms with van der Waals surface area (Å²) in [5.74, 6) is -0.915. The fraction of sp³-hybridized carbons (Fsp3) is 0.389. The molecule has 0 aliphatic carbocycles. The van der Waals surface area contributed by atoms with E-state index in [0.29, 0.717) is 10.8 Å². The first-order chi connectivity index (χ1) is 11.7. The molecular formula is C18H21ClN3O3-. The molecule has 25 heavy (non-hydrogen) atoms. The predicted molar refractivity (Wildman–Crippen MR) is 94.8 cm³/mol. The van der Waals surface area contributed by atoms with Crippen molar-refractivity contribution in [2.45, 2.75) is 45.4 Å². The van der Waals surface area contributed by atoms with Gasteiger partial charge in [-0.1, -0.05) is 38.4 Å².